The van der Waals surface area contributed by atoms with Gasteiger partial charge in [0.15, 0.2) is 0 Å². The van der Waals surface area contributed by atoms with E-state index in [0.717, 1.165) is 43.1 Å². The van der Waals surface area contributed by atoms with Crippen molar-refractivity contribution >= 4 is 0 Å². The summed E-state index contributed by atoms with van der Waals surface area (Å²) >= 11 is 0. The molecular weight excluding hydrogens is 471 g/mol. The lowest BCUT2D eigenvalue weighted by Gasteiger charge is -2.38. The van der Waals surface area contributed by atoms with Crippen molar-refractivity contribution < 1.29 is 26.7 Å². The molecular formula is C30H39F5O. The van der Waals surface area contributed by atoms with E-state index in [9.17, 15) is 17.6 Å². The van der Waals surface area contributed by atoms with Gasteiger partial charge in [-0.3, -0.25) is 0 Å². The van der Waals surface area contributed by atoms with Crippen molar-refractivity contribution in [1.82, 2.24) is 0 Å². The number of benzene rings is 1. The van der Waals surface area contributed by atoms with Crippen molar-refractivity contribution in [2.75, 3.05) is 6.61 Å². The van der Waals surface area contributed by atoms with Gasteiger partial charge in [-0.1, -0.05) is 18.2 Å². The maximum Gasteiger partial charge on any atom is 0.412 e. The van der Waals surface area contributed by atoms with Crippen LogP contribution in [0.3, 0.4) is 0 Å². The molecule has 6 heteroatoms. The summed E-state index contributed by atoms with van der Waals surface area (Å²) in [7, 11) is 0. The fourth-order valence-electron chi connectivity index (χ4n) is 6.94. The zero-order chi connectivity index (χ0) is 25.7. The predicted molar refractivity (Wildman–Crippen MR) is 133 cm³/mol. The fourth-order valence-corrected chi connectivity index (χ4v) is 6.94. The molecule has 0 spiro atoms. The molecule has 0 saturated heterocycles. The highest BCUT2D eigenvalue weighted by molar-refractivity contribution is 5.30. The average Bonchev–Trinajstić information content (AvgIpc) is 2.87. The van der Waals surface area contributed by atoms with Crippen LogP contribution in [0.2, 0.25) is 0 Å². The Kier molecular flexibility index (Phi) is 9.29. The molecule has 0 atom stereocenters. The molecule has 0 aromatic heterocycles. The van der Waals surface area contributed by atoms with Gasteiger partial charge >= 0.3 is 6.18 Å². The first-order chi connectivity index (χ1) is 17.2. The van der Waals surface area contributed by atoms with E-state index in [1.807, 2.05) is 18.2 Å². The van der Waals surface area contributed by atoms with Crippen LogP contribution in [0.5, 0.6) is 0 Å². The standard InChI is InChI=1S/C30H39F5O/c1-2-17-36-26-14-11-21(12-15-26)20-3-5-22(6-4-20)25-13-16-27(28(31)18-25)23-7-9-24(10-8-23)29(32)19-30(33,34)35/h2,13,16,18-24,26H,1,3-12,14-15,17H2/b29-19-. The topological polar surface area (TPSA) is 9.23 Å². The largest absolute Gasteiger partial charge is 0.412 e. The Morgan fingerprint density at radius 3 is 2.00 bits per heavy atom. The van der Waals surface area contributed by atoms with Gasteiger partial charge in [-0.25, -0.2) is 8.78 Å². The molecule has 4 rings (SSSR count). The van der Waals surface area contributed by atoms with Gasteiger partial charge in [0.1, 0.15) is 11.6 Å². The highest BCUT2D eigenvalue weighted by Gasteiger charge is 2.33. The van der Waals surface area contributed by atoms with Crippen molar-refractivity contribution in [3.05, 3.63) is 59.7 Å². The van der Waals surface area contributed by atoms with Crippen LogP contribution in [0.25, 0.3) is 0 Å². The summed E-state index contributed by atoms with van der Waals surface area (Å²) in [6.45, 7) is 4.36. The number of rotatable bonds is 7. The minimum atomic E-state index is -4.64. The van der Waals surface area contributed by atoms with Crippen LogP contribution in [0.15, 0.2) is 42.8 Å². The Morgan fingerprint density at radius 1 is 0.861 bits per heavy atom. The second kappa shape index (κ2) is 12.2. The lowest BCUT2D eigenvalue weighted by Crippen LogP contribution is -2.28. The maximum atomic E-state index is 15.1. The zero-order valence-corrected chi connectivity index (χ0v) is 21.0. The smallest absolute Gasteiger partial charge is 0.374 e. The lowest BCUT2D eigenvalue weighted by atomic mass is 9.69. The molecule has 0 heterocycles. The highest BCUT2D eigenvalue weighted by atomic mass is 19.4. The third kappa shape index (κ3) is 7.20. The molecule has 0 amide bonds. The SMILES string of the molecule is C=CCOC1CCC(C2CCC(c3ccc(C4CCC(/C(F)=C/C(F)(F)F)CC4)c(F)c3)CC2)CC1. The molecule has 3 saturated carbocycles. The normalized spacial score (nSPS) is 32.3. The van der Waals surface area contributed by atoms with E-state index in [-0.39, 0.29) is 17.8 Å². The molecule has 1 nitrogen and oxygen atoms in total. The van der Waals surface area contributed by atoms with Crippen LogP contribution in [0.1, 0.15) is 100 Å². The Hall–Kier alpha value is -1.69. The molecule has 0 unspecified atom stereocenters. The zero-order valence-electron chi connectivity index (χ0n) is 21.0. The first-order valence-corrected chi connectivity index (χ1v) is 13.7. The van der Waals surface area contributed by atoms with E-state index >= 15 is 4.39 Å². The molecule has 3 aliphatic carbocycles. The Balaban J connectivity index is 1.26. The summed E-state index contributed by atoms with van der Waals surface area (Å²) in [5.41, 5.74) is 1.69. The minimum absolute atomic E-state index is 0.0599. The monoisotopic (exact) mass is 510 g/mol. The van der Waals surface area contributed by atoms with Crippen molar-refractivity contribution in [3.63, 3.8) is 0 Å². The van der Waals surface area contributed by atoms with E-state index in [2.05, 4.69) is 6.58 Å². The number of allylic oxidation sites excluding steroid dienone is 2. The fraction of sp³-hybridized carbons (Fsp3) is 0.667. The number of alkyl halides is 3. The summed E-state index contributed by atoms with van der Waals surface area (Å²) < 4.78 is 72.2. The van der Waals surface area contributed by atoms with Crippen molar-refractivity contribution in [3.8, 4) is 0 Å². The van der Waals surface area contributed by atoms with Gasteiger partial charge < -0.3 is 4.74 Å². The van der Waals surface area contributed by atoms with E-state index in [0.29, 0.717) is 49.9 Å². The third-order valence-corrected chi connectivity index (χ3v) is 8.96. The van der Waals surface area contributed by atoms with Crippen LogP contribution in [-0.4, -0.2) is 18.9 Å². The summed E-state index contributed by atoms with van der Waals surface area (Å²) in [4.78, 5) is 0. The van der Waals surface area contributed by atoms with Gasteiger partial charge in [0.2, 0.25) is 0 Å². The van der Waals surface area contributed by atoms with Gasteiger partial charge in [0, 0.05) is 5.92 Å². The van der Waals surface area contributed by atoms with E-state index < -0.39 is 17.9 Å². The van der Waals surface area contributed by atoms with Crippen LogP contribution in [-0.2, 0) is 4.74 Å². The Morgan fingerprint density at radius 2 is 1.44 bits per heavy atom. The van der Waals surface area contributed by atoms with E-state index in [1.165, 1.54) is 25.7 Å². The first kappa shape index (κ1) is 27.3. The van der Waals surface area contributed by atoms with Crippen molar-refractivity contribution in [2.45, 2.75) is 101 Å². The predicted octanol–water partition coefficient (Wildman–Crippen LogP) is 9.55. The Labute approximate surface area is 212 Å². The minimum Gasteiger partial charge on any atom is -0.374 e. The Bertz CT molecular complexity index is 883. The molecule has 200 valence electrons. The summed E-state index contributed by atoms with van der Waals surface area (Å²) in [6, 6.07) is 5.59. The number of ether oxygens (including phenoxy) is 1. The number of halogens is 5. The molecule has 0 aliphatic heterocycles. The molecule has 3 aliphatic rings. The van der Waals surface area contributed by atoms with E-state index in [1.54, 1.807) is 6.07 Å². The molecule has 0 bridgehead atoms. The van der Waals surface area contributed by atoms with Crippen LogP contribution in [0, 0.1) is 23.6 Å². The second-order valence-corrected chi connectivity index (χ2v) is 11.2. The molecule has 0 N–H and O–H groups in total. The second-order valence-electron chi connectivity index (χ2n) is 11.2. The summed E-state index contributed by atoms with van der Waals surface area (Å²) in [6.07, 6.45) is 8.28. The van der Waals surface area contributed by atoms with Crippen LogP contribution < -0.4 is 0 Å². The molecule has 3 fully saturated rings. The summed E-state index contributed by atoms with van der Waals surface area (Å²) in [5, 5.41) is 0. The van der Waals surface area contributed by atoms with Gasteiger partial charge in [0.05, 0.1) is 18.8 Å². The third-order valence-electron chi connectivity index (χ3n) is 8.96. The lowest BCUT2D eigenvalue weighted by molar-refractivity contribution is -0.0820. The molecule has 36 heavy (non-hydrogen) atoms. The van der Waals surface area contributed by atoms with Gasteiger partial charge in [-0.05, 0) is 118 Å². The number of hydrogen-bond acceptors (Lipinski definition) is 1. The quantitative estimate of drug-likeness (QED) is 0.262. The van der Waals surface area contributed by atoms with Gasteiger partial charge in [-0.15, -0.1) is 6.58 Å². The van der Waals surface area contributed by atoms with Gasteiger partial charge in [0.25, 0.3) is 0 Å². The van der Waals surface area contributed by atoms with Crippen molar-refractivity contribution in [2.24, 2.45) is 17.8 Å². The number of hydrogen-bond donors (Lipinski definition) is 0. The average molecular weight is 511 g/mol. The maximum absolute atomic E-state index is 15.1. The van der Waals surface area contributed by atoms with Crippen LogP contribution in [0.4, 0.5) is 22.0 Å². The molecule has 1 aromatic rings. The highest BCUT2D eigenvalue weighted by Crippen LogP contribution is 2.45. The summed E-state index contributed by atoms with van der Waals surface area (Å²) in [5.74, 6) is -0.171. The molecule has 1 aromatic carbocycles. The van der Waals surface area contributed by atoms with Crippen molar-refractivity contribution in [1.29, 1.82) is 0 Å². The first-order valence-electron chi connectivity index (χ1n) is 13.7. The van der Waals surface area contributed by atoms with Crippen LogP contribution >= 0.6 is 0 Å². The van der Waals surface area contributed by atoms with Gasteiger partial charge in [-0.2, -0.15) is 13.2 Å². The molecule has 0 radical (unpaired) electrons. The van der Waals surface area contributed by atoms with E-state index in [4.69, 9.17) is 4.74 Å².